The van der Waals surface area contributed by atoms with Crippen molar-refractivity contribution in [2.24, 2.45) is 0 Å². The Morgan fingerprint density at radius 3 is 2.68 bits per heavy atom. The summed E-state index contributed by atoms with van der Waals surface area (Å²) in [5, 5.41) is 16.9. The van der Waals surface area contributed by atoms with Crippen molar-refractivity contribution in [2.75, 3.05) is 37.4 Å². The molecule has 0 heterocycles. The lowest BCUT2D eigenvalue weighted by atomic mass is 10.2. The summed E-state index contributed by atoms with van der Waals surface area (Å²) in [5.74, 6) is 0. The third kappa shape index (κ3) is 4.75. The quantitative estimate of drug-likeness (QED) is 0.409. The van der Waals surface area contributed by atoms with Crippen LogP contribution in [-0.2, 0) is 4.74 Å². The van der Waals surface area contributed by atoms with E-state index in [0.29, 0.717) is 24.5 Å². The Balaban J connectivity index is 2.55. The number of rotatable bonds is 9. The van der Waals surface area contributed by atoms with Crippen LogP contribution in [0.5, 0.6) is 0 Å². The first kappa shape index (κ1) is 15.2. The van der Waals surface area contributed by atoms with Crippen LogP contribution >= 0.6 is 0 Å². The summed E-state index contributed by atoms with van der Waals surface area (Å²) >= 11 is 0. The van der Waals surface area contributed by atoms with Crippen molar-refractivity contribution < 1.29 is 9.66 Å². The molecule has 6 heteroatoms. The molecule has 0 unspecified atom stereocenters. The Morgan fingerprint density at radius 2 is 2.05 bits per heavy atom. The zero-order valence-electron chi connectivity index (χ0n) is 11.4. The van der Waals surface area contributed by atoms with E-state index in [1.807, 2.05) is 0 Å². The van der Waals surface area contributed by atoms with E-state index in [9.17, 15) is 10.1 Å². The fourth-order valence-corrected chi connectivity index (χ4v) is 1.69. The molecule has 0 amide bonds. The first-order valence-electron chi connectivity index (χ1n) is 6.47. The zero-order valence-corrected chi connectivity index (χ0v) is 11.4. The van der Waals surface area contributed by atoms with Crippen molar-refractivity contribution in [3.8, 4) is 0 Å². The number of ether oxygens (including phenoxy) is 1. The van der Waals surface area contributed by atoms with Crippen LogP contribution in [0.4, 0.5) is 17.1 Å². The molecule has 0 saturated heterocycles. The second-order valence-electron chi connectivity index (χ2n) is 4.10. The molecule has 0 aliphatic rings. The van der Waals surface area contributed by atoms with Crippen LogP contribution in [0.15, 0.2) is 18.2 Å². The average molecular weight is 267 g/mol. The van der Waals surface area contributed by atoms with Crippen molar-refractivity contribution in [2.45, 2.75) is 19.8 Å². The maximum Gasteiger partial charge on any atom is 0.315 e. The molecule has 2 N–H and O–H groups in total. The van der Waals surface area contributed by atoms with Gasteiger partial charge in [0, 0.05) is 20.2 Å². The van der Waals surface area contributed by atoms with Crippen LogP contribution in [-0.4, -0.2) is 31.7 Å². The van der Waals surface area contributed by atoms with Gasteiger partial charge < -0.3 is 15.4 Å². The van der Waals surface area contributed by atoms with Crippen LogP contribution in [0.2, 0.25) is 0 Å². The number of nitrogens with one attached hydrogen (secondary N) is 2. The number of para-hydroxylation sites is 1. The van der Waals surface area contributed by atoms with Gasteiger partial charge in [-0.15, -0.1) is 0 Å². The second-order valence-corrected chi connectivity index (χ2v) is 4.10. The van der Waals surface area contributed by atoms with Gasteiger partial charge in [0.05, 0.1) is 11.5 Å². The van der Waals surface area contributed by atoms with E-state index in [0.717, 1.165) is 19.4 Å². The third-order valence-electron chi connectivity index (χ3n) is 2.69. The standard InChI is InChI=1S/C13H21N3O3/c1-3-4-9-19-10-8-15-12-7-5-6-11(14-2)13(12)16(17)18/h5-7,14-15H,3-4,8-10H2,1-2H3. The van der Waals surface area contributed by atoms with Gasteiger partial charge in [-0.05, 0) is 18.6 Å². The molecule has 106 valence electrons. The van der Waals surface area contributed by atoms with Gasteiger partial charge in [-0.25, -0.2) is 0 Å². The van der Waals surface area contributed by atoms with Crippen LogP contribution in [0, 0.1) is 10.1 Å². The van der Waals surface area contributed by atoms with Crippen molar-refractivity contribution in [3.05, 3.63) is 28.3 Å². The van der Waals surface area contributed by atoms with Crippen molar-refractivity contribution in [3.63, 3.8) is 0 Å². The maximum atomic E-state index is 11.1. The fraction of sp³-hybridized carbons (Fsp3) is 0.538. The highest BCUT2D eigenvalue weighted by Crippen LogP contribution is 2.32. The number of nitrogens with zero attached hydrogens (tertiary/aromatic N) is 1. The number of hydrogen-bond donors (Lipinski definition) is 2. The highest BCUT2D eigenvalue weighted by Gasteiger charge is 2.18. The molecule has 1 rings (SSSR count). The summed E-state index contributed by atoms with van der Waals surface area (Å²) in [5.41, 5.74) is 1.08. The van der Waals surface area contributed by atoms with Gasteiger partial charge in [0.15, 0.2) is 0 Å². The molecule has 0 aliphatic carbocycles. The van der Waals surface area contributed by atoms with E-state index in [1.165, 1.54) is 0 Å². The summed E-state index contributed by atoms with van der Waals surface area (Å²) in [6.45, 7) is 3.93. The van der Waals surface area contributed by atoms with Gasteiger partial charge in [-0.2, -0.15) is 0 Å². The lowest BCUT2D eigenvalue weighted by molar-refractivity contribution is -0.383. The van der Waals surface area contributed by atoms with Crippen molar-refractivity contribution in [1.82, 2.24) is 0 Å². The molecule has 6 nitrogen and oxygen atoms in total. The SMILES string of the molecule is CCCCOCCNc1cccc(NC)c1[N+](=O)[O-]. The van der Waals surface area contributed by atoms with Gasteiger partial charge in [-0.1, -0.05) is 19.4 Å². The lowest BCUT2D eigenvalue weighted by Crippen LogP contribution is -2.11. The summed E-state index contributed by atoms with van der Waals surface area (Å²) in [6, 6.07) is 5.16. The summed E-state index contributed by atoms with van der Waals surface area (Å²) in [4.78, 5) is 10.7. The Kier molecular flexibility index (Phi) is 6.67. The van der Waals surface area contributed by atoms with Crippen LogP contribution in [0.25, 0.3) is 0 Å². The molecule has 0 aromatic heterocycles. The molecule has 0 radical (unpaired) electrons. The summed E-state index contributed by atoms with van der Waals surface area (Å²) < 4.78 is 5.40. The minimum Gasteiger partial charge on any atom is -0.382 e. The predicted octanol–water partition coefficient (Wildman–Crippen LogP) is 2.87. The highest BCUT2D eigenvalue weighted by atomic mass is 16.6. The molecule has 0 saturated carbocycles. The van der Waals surface area contributed by atoms with Gasteiger partial charge in [0.1, 0.15) is 11.4 Å². The van der Waals surface area contributed by atoms with Crippen molar-refractivity contribution >= 4 is 17.1 Å². The van der Waals surface area contributed by atoms with Gasteiger partial charge >= 0.3 is 5.69 Å². The van der Waals surface area contributed by atoms with E-state index in [2.05, 4.69) is 17.6 Å². The second kappa shape index (κ2) is 8.31. The van der Waals surface area contributed by atoms with Crippen molar-refractivity contribution in [1.29, 1.82) is 0 Å². The maximum absolute atomic E-state index is 11.1. The molecular formula is C13H21N3O3. The number of anilines is 2. The monoisotopic (exact) mass is 267 g/mol. The summed E-state index contributed by atoms with van der Waals surface area (Å²) in [7, 11) is 1.67. The molecule has 0 bridgehead atoms. The molecule has 0 atom stereocenters. The van der Waals surface area contributed by atoms with E-state index in [1.54, 1.807) is 25.2 Å². The minimum absolute atomic E-state index is 0.0681. The highest BCUT2D eigenvalue weighted by molar-refractivity contribution is 5.75. The predicted molar refractivity (Wildman–Crippen MR) is 76.9 cm³/mol. The topological polar surface area (TPSA) is 76.4 Å². The number of benzene rings is 1. The number of unbranched alkanes of at least 4 members (excludes halogenated alkanes) is 1. The van der Waals surface area contributed by atoms with E-state index >= 15 is 0 Å². The smallest absolute Gasteiger partial charge is 0.315 e. The van der Waals surface area contributed by atoms with Gasteiger partial charge in [0.25, 0.3) is 0 Å². The summed E-state index contributed by atoms with van der Waals surface area (Å²) in [6.07, 6.45) is 2.14. The minimum atomic E-state index is -0.383. The number of hydrogen-bond acceptors (Lipinski definition) is 5. The van der Waals surface area contributed by atoms with Crippen LogP contribution < -0.4 is 10.6 Å². The van der Waals surface area contributed by atoms with E-state index < -0.39 is 0 Å². The molecule has 1 aromatic rings. The molecule has 1 aromatic carbocycles. The Morgan fingerprint density at radius 1 is 1.32 bits per heavy atom. The molecule has 0 fully saturated rings. The Bertz CT molecular complexity index is 410. The van der Waals surface area contributed by atoms with E-state index in [4.69, 9.17) is 4.74 Å². The largest absolute Gasteiger partial charge is 0.382 e. The first-order valence-corrected chi connectivity index (χ1v) is 6.47. The van der Waals surface area contributed by atoms with Crippen LogP contribution in [0.3, 0.4) is 0 Å². The number of nitro groups is 1. The number of nitro benzene ring substituents is 1. The molecule has 19 heavy (non-hydrogen) atoms. The molecular weight excluding hydrogens is 246 g/mol. The van der Waals surface area contributed by atoms with Gasteiger partial charge in [-0.3, -0.25) is 10.1 Å². The fourth-order valence-electron chi connectivity index (χ4n) is 1.69. The zero-order chi connectivity index (χ0) is 14.1. The normalized spacial score (nSPS) is 10.2. The molecule has 0 spiro atoms. The third-order valence-corrected chi connectivity index (χ3v) is 2.69. The van der Waals surface area contributed by atoms with Crippen LogP contribution in [0.1, 0.15) is 19.8 Å². The van der Waals surface area contributed by atoms with Gasteiger partial charge in [0.2, 0.25) is 0 Å². The Labute approximate surface area is 113 Å². The lowest BCUT2D eigenvalue weighted by Gasteiger charge is -2.10. The Hall–Kier alpha value is -1.82. The average Bonchev–Trinajstić information content (AvgIpc) is 2.42. The first-order chi connectivity index (χ1) is 9.20. The van der Waals surface area contributed by atoms with E-state index in [-0.39, 0.29) is 10.6 Å². The molecule has 0 aliphatic heterocycles.